The van der Waals surface area contributed by atoms with E-state index < -0.39 is 5.97 Å². The topological polar surface area (TPSA) is 55.1 Å². The van der Waals surface area contributed by atoms with E-state index in [4.69, 9.17) is 5.11 Å². The fourth-order valence-electron chi connectivity index (χ4n) is 1.91. The third-order valence-electron chi connectivity index (χ3n) is 2.78. The van der Waals surface area contributed by atoms with Crippen LogP contribution < -0.4 is 0 Å². The predicted molar refractivity (Wildman–Crippen MR) is 63.0 cm³/mol. The van der Waals surface area contributed by atoms with Crippen LogP contribution in [0.5, 0.6) is 0 Å². The first-order chi connectivity index (χ1) is 8.11. The van der Waals surface area contributed by atoms with Crippen LogP contribution in [-0.2, 0) is 32.7 Å². The van der Waals surface area contributed by atoms with E-state index in [0.29, 0.717) is 5.82 Å². The number of aromatic carboxylic acids is 1. The Hall–Kier alpha value is -0.996. The third kappa shape index (κ3) is 2.87. The van der Waals surface area contributed by atoms with Gasteiger partial charge in [0.1, 0.15) is 0 Å². The minimum absolute atomic E-state index is 0. The van der Waals surface area contributed by atoms with E-state index in [2.05, 4.69) is 11.2 Å². The molecular weight excluding hydrogens is 305 g/mol. The Bertz CT molecular complexity index is 537. The number of imidazole rings is 1. The van der Waals surface area contributed by atoms with Crippen LogP contribution in [0.4, 0.5) is 0 Å². The summed E-state index contributed by atoms with van der Waals surface area (Å²) in [7, 11) is 0. The molecule has 1 radical (unpaired) electrons. The SMILES string of the molecule is Cc1n[c-]c(C(=O)O)n1[C@H](C)c1ccccc1.[Y]. The Morgan fingerprint density at radius 3 is 2.56 bits per heavy atom. The molecule has 0 bridgehead atoms. The van der Waals surface area contributed by atoms with Crippen molar-refractivity contribution in [3.8, 4) is 0 Å². The molecule has 5 heteroatoms. The number of hydrogen-bond acceptors (Lipinski definition) is 2. The number of rotatable bonds is 3. The molecule has 0 amide bonds. The summed E-state index contributed by atoms with van der Waals surface area (Å²) in [5.41, 5.74) is 1.14. The number of carbonyl (C=O) groups is 1. The minimum atomic E-state index is -1.01. The van der Waals surface area contributed by atoms with Gasteiger partial charge in [0.25, 0.3) is 0 Å². The standard InChI is InChI=1S/C13H13N2O2.Y/c1-9(11-6-4-3-5-7-11)15-10(2)14-8-12(15)13(16)17;/h3-7,9H,1-2H3,(H,16,17);/q-1;/t9-;/m1./s1. The van der Waals surface area contributed by atoms with Crippen molar-refractivity contribution in [1.29, 1.82) is 0 Å². The first kappa shape index (κ1) is 15.1. The number of carboxylic acids is 1. The van der Waals surface area contributed by atoms with Crippen LogP contribution in [0.3, 0.4) is 0 Å². The zero-order chi connectivity index (χ0) is 12.4. The Morgan fingerprint density at radius 2 is 2.00 bits per heavy atom. The maximum absolute atomic E-state index is 11.1. The molecular formula is C13H13N2O2Y-. The van der Waals surface area contributed by atoms with Gasteiger partial charge in [-0.15, -0.1) is 0 Å². The Kier molecular flexibility index (Phi) is 5.23. The van der Waals surface area contributed by atoms with Crippen LogP contribution in [0, 0.1) is 13.1 Å². The molecule has 2 rings (SSSR count). The molecule has 1 heterocycles. The van der Waals surface area contributed by atoms with Crippen LogP contribution in [0.25, 0.3) is 0 Å². The molecule has 1 aromatic carbocycles. The van der Waals surface area contributed by atoms with Gasteiger partial charge in [-0.25, -0.2) is 0 Å². The van der Waals surface area contributed by atoms with Crippen LogP contribution in [0.2, 0.25) is 0 Å². The summed E-state index contributed by atoms with van der Waals surface area (Å²) >= 11 is 0. The van der Waals surface area contributed by atoms with Crippen molar-refractivity contribution in [1.82, 2.24) is 9.55 Å². The zero-order valence-corrected chi connectivity index (χ0v) is 13.1. The van der Waals surface area contributed by atoms with Gasteiger partial charge < -0.3 is 19.5 Å². The second kappa shape index (κ2) is 6.25. The van der Waals surface area contributed by atoms with E-state index in [0.717, 1.165) is 5.56 Å². The fourth-order valence-corrected chi connectivity index (χ4v) is 1.91. The smallest absolute Gasteiger partial charge is 0.245 e. The average Bonchev–Trinajstić information content (AvgIpc) is 2.71. The summed E-state index contributed by atoms with van der Waals surface area (Å²) < 4.78 is 1.68. The summed E-state index contributed by atoms with van der Waals surface area (Å²) in [5.74, 6) is -0.355. The monoisotopic (exact) mass is 318 g/mol. The molecule has 1 N–H and O–H groups in total. The van der Waals surface area contributed by atoms with Crippen molar-refractivity contribution in [3.05, 3.63) is 53.6 Å². The molecule has 18 heavy (non-hydrogen) atoms. The predicted octanol–water partition coefficient (Wildman–Crippen LogP) is 2.30. The molecule has 0 aliphatic rings. The normalized spacial score (nSPS) is 11.7. The Balaban J connectivity index is 0.00000162. The van der Waals surface area contributed by atoms with Crippen LogP contribution in [-0.4, -0.2) is 20.6 Å². The molecule has 0 saturated carbocycles. The number of benzene rings is 1. The maximum Gasteiger partial charge on any atom is 0.245 e. The van der Waals surface area contributed by atoms with E-state index in [1.54, 1.807) is 11.5 Å². The summed E-state index contributed by atoms with van der Waals surface area (Å²) in [6.07, 6.45) is 2.54. The van der Waals surface area contributed by atoms with Gasteiger partial charge in [0.2, 0.25) is 5.97 Å². The van der Waals surface area contributed by atoms with E-state index >= 15 is 0 Å². The Labute approximate surface area is 131 Å². The summed E-state index contributed by atoms with van der Waals surface area (Å²) in [6, 6.07) is 9.66. The second-order valence-corrected chi connectivity index (χ2v) is 3.88. The zero-order valence-electron chi connectivity index (χ0n) is 10.3. The maximum atomic E-state index is 11.1. The van der Waals surface area contributed by atoms with Gasteiger partial charge in [0.15, 0.2) is 0 Å². The minimum Gasteiger partial charge on any atom is -0.533 e. The van der Waals surface area contributed by atoms with E-state index in [1.165, 1.54) is 0 Å². The number of aromatic nitrogens is 2. The van der Waals surface area contributed by atoms with Gasteiger partial charge in [-0.3, -0.25) is 0 Å². The van der Waals surface area contributed by atoms with Gasteiger partial charge in [-0.2, -0.15) is 0 Å². The van der Waals surface area contributed by atoms with Gasteiger partial charge in [-0.05, 0) is 18.7 Å². The largest absolute Gasteiger partial charge is 0.533 e. The van der Waals surface area contributed by atoms with Gasteiger partial charge >= 0.3 is 0 Å². The summed E-state index contributed by atoms with van der Waals surface area (Å²) in [4.78, 5) is 15.0. The van der Waals surface area contributed by atoms with Crippen molar-refractivity contribution >= 4 is 5.97 Å². The molecule has 0 unspecified atom stereocenters. The molecule has 91 valence electrons. The summed E-state index contributed by atoms with van der Waals surface area (Å²) in [6.45, 7) is 3.73. The van der Waals surface area contributed by atoms with Crippen LogP contribution in [0.1, 0.15) is 34.8 Å². The van der Waals surface area contributed by atoms with Crippen molar-refractivity contribution in [2.75, 3.05) is 0 Å². The first-order valence-corrected chi connectivity index (χ1v) is 5.36. The molecule has 0 fully saturated rings. The van der Waals surface area contributed by atoms with Gasteiger partial charge in [0.05, 0.1) is 0 Å². The first-order valence-electron chi connectivity index (χ1n) is 5.36. The number of carboxylic acid groups (broad SMARTS) is 1. The quantitative estimate of drug-likeness (QED) is 0.884. The van der Waals surface area contributed by atoms with Gasteiger partial charge in [0, 0.05) is 50.3 Å². The average molecular weight is 318 g/mol. The molecule has 0 saturated heterocycles. The van der Waals surface area contributed by atoms with Crippen LogP contribution in [0.15, 0.2) is 30.3 Å². The van der Waals surface area contributed by atoms with Crippen LogP contribution >= 0.6 is 0 Å². The van der Waals surface area contributed by atoms with E-state index in [1.807, 2.05) is 37.3 Å². The second-order valence-electron chi connectivity index (χ2n) is 3.88. The fraction of sp³-hybridized carbons (Fsp3) is 0.231. The van der Waals surface area contributed by atoms with E-state index in [-0.39, 0.29) is 44.4 Å². The molecule has 4 nitrogen and oxygen atoms in total. The van der Waals surface area contributed by atoms with Gasteiger partial charge in [-0.1, -0.05) is 37.3 Å². The van der Waals surface area contributed by atoms with Crippen molar-refractivity contribution in [3.63, 3.8) is 0 Å². The van der Waals surface area contributed by atoms with E-state index in [9.17, 15) is 4.79 Å². The summed E-state index contributed by atoms with van der Waals surface area (Å²) in [5, 5.41) is 9.08. The van der Waals surface area contributed by atoms with Crippen molar-refractivity contribution in [2.24, 2.45) is 0 Å². The molecule has 0 aliphatic heterocycles. The number of hydrogen-bond donors (Lipinski definition) is 1. The van der Waals surface area contributed by atoms with Crippen molar-refractivity contribution < 1.29 is 42.6 Å². The number of nitrogens with zero attached hydrogens (tertiary/aromatic N) is 2. The van der Waals surface area contributed by atoms with Crippen molar-refractivity contribution in [2.45, 2.75) is 19.9 Å². The third-order valence-corrected chi connectivity index (χ3v) is 2.78. The molecule has 1 atom stereocenters. The molecule has 0 aliphatic carbocycles. The molecule has 0 spiro atoms. The molecule has 2 aromatic rings. The molecule has 1 aromatic heterocycles. The number of aryl methyl sites for hydroxylation is 1. The Morgan fingerprint density at radius 1 is 1.39 bits per heavy atom.